The second-order valence-electron chi connectivity index (χ2n) is 4.34. The topological polar surface area (TPSA) is 68.8 Å². The summed E-state index contributed by atoms with van der Waals surface area (Å²) in [5.41, 5.74) is 3.96. The van der Waals surface area contributed by atoms with Crippen LogP contribution in [0.15, 0.2) is 6.20 Å². The summed E-state index contributed by atoms with van der Waals surface area (Å²) in [6.45, 7) is 4.57. The van der Waals surface area contributed by atoms with Gasteiger partial charge < -0.3 is 0 Å². The van der Waals surface area contributed by atoms with E-state index in [4.69, 9.17) is 5.84 Å². The number of aryl methyl sites for hydroxylation is 1. The van der Waals surface area contributed by atoms with E-state index in [-0.39, 0.29) is 6.04 Å². The SMILES string of the molecule is CC1SCC(C(NN)c2cnnn2C)SC1C. The summed E-state index contributed by atoms with van der Waals surface area (Å²) in [4.78, 5) is 0. The lowest BCUT2D eigenvalue weighted by molar-refractivity contribution is 0.506. The van der Waals surface area contributed by atoms with E-state index >= 15 is 0 Å². The maximum absolute atomic E-state index is 5.70. The Bertz CT molecular complexity index is 369. The molecule has 0 aromatic carbocycles. The molecule has 0 bridgehead atoms. The predicted octanol–water partition coefficient (Wildman–Crippen LogP) is 0.945. The zero-order valence-corrected chi connectivity index (χ0v) is 12.0. The lowest BCUT2D eigenvalue weighted by Crippen LogP contribution is -2.41. The Labute approximate surface area is 110 Å². The molecule has 5 nitrogen and oxygen atoms in total. The van der Waals surface area contributed by atoms with Gasteiger partial charge in [0.25, 0.3) is 0 Å². The summed E-state index contributed by atoms with van der Waals surface area (Å²) in [7, 11) is 1.90. The molecule has 0 saturated carbocycles. The van der Waals surface area contributed by atoms with E-state index in [1.807, 2.05) is 30.6 Å². The van der Waals surface area contributed by atoms with E-state index in [1.54, 1.807) is 10.9 Å². The number of aromatic nitrogens is 3. The average molecular weight is 273 g/mol. The first-order valence-electron chi connectivity index (χ1n) is 5.71. The van der Waals surface area contributed by atoms with E-state index in [0.717, 1.165) is 11.4 Å². The Morgan fingerprint density at radius 2 is 2.29 bits per heavy atom. The van der Waals surface area contributed by atoms with Crippen LogP contribution in [0.5, 0.6) is 0 Å². The fraction of sp³-hybridized carbons (Fsp3) is 0.800. The highest BCUT2D eigenvalue weighted by Gasteiger charge is 2.33. The van der Waals surface area contributed by atoms with E-state index < -0.39 is 0 Å². The van der Waals surface area contributed by atoms with E-state index in [2.05, 4.69) is 29.6 Å². The third-order valence-electron chi connectivity index (χ3n) is 3.19. The Kier molecular flexibility index (Phi) is 4.35. The fourth-order valence-corrected chi connectivity index (χ4v) is 5.03. The minimum atomic E-state index is 0.113. The van der Waals surface area contributed by atoms with Crippen LogP contribution in [0, 0.1) is 0 Å². The van der Waals surface area contributed by atoms with Gasteiger partial charge in [-0.1, -0.05) is 19.1 Å². The molecular formula is C10H19N5S2. The van der Waals surface area contributed by atoms with Crippen LogP contribution in [0.2, 0.25) is 0 Å². The number of nitrogens with two attached hydrogens (primary N) is 1. The summed E-state index contributed by atoms with van der Waals surface area (Å²) < 4.78 is 1.79. The van der Waals surface area contributed by atoms with Crippen molar-refractivity contribution in [2.75, 3.05) is 5.75 Å². The summed E-state index contributed by atoms with van der Waals surface area (Å²) in [6.07, 6.45) is 1.79. The zero-order chi connectivity index (χ0) is 12.4. The van der Waals surface area contributed by atoms with Crippen molar-refractivity contribution in [1.82, 2.24) is 20.4 Å². The van der Waals surface area contributed by atoms with Crippen LogP contribution in [0.25, 0.3) is 0 Å². The highest BCUT2D eigenvalue weighted by atomic mass is 32.2. The largest absolute Gasteiger partial charge is 0.271 e. The fourth-order valence-electron chi connectivity index (χ4n) is 1.94. The maximum Gasteiger partial charge on any atom is 0.0778 e. The molecule has 96 valence electrons. The molecule has 2 heterocycles. The highest BCUT2D eigenvalue weighted by molar-refractivity contribution is 8.07. The van der Waals surface area contributed by atoms with Crippen LogP contribution >= 0.6 is 23.5 Å². The lowest BCUT2D eigenvalue weighted by Gasteiger charge is -2.35. The second-order valence-corrected chi connectivity index (χ2v) is 7.38. The molecule has 0 aliphatic carbocycles. The van der Waals surface area contributed by atoms with Gasteiger partial charge in [-0.05, 0) is 0 Å². The highest BCUT2D eigenvalue weighted by Crippen LogP contribution is 2.40. The lowest BCUT2D eigenvalue weighted by atomic mass is 10.1. The predicted molar refractivity (Wildman–Crippen MR) is 73.8 cm³/mol. The number of rotatable bonds is 3. The molecule has 1 saturated heterocycles. The molecule has 0 amide bonds. The van der Waals surface area contributed by atoms with Crippen molar-refractivity contribution in [3.8, 4) is 0 Å². The molecule has 17 heavy (non-hydrogen) atoms. The Balaban J connectivity index is 2.12. The normalized spacial score (nSPS) is 31.4. The van der Waals surface area contributed by atoms with E-state index in [9.17, 15) is 0 Å². The van der Waals surface area contributed by atoms with Gasteiger partial charge in [-0.3, -0.25) is 16.0 Å². The number of nitrogens with zero attached hydrogens (tertiary/aromatic N) is 3. The van der Waals surface area contributed by atoms with Crippen LogP contribution in [0.4, 0.5) is 0 Å². The van der Waals surface area contributed by atoms with E-state index in [1.165, 1.54) is 0 Å². The van der Waals surface area contributed by atoms with Crippen LogP contribution in [-0.2, 0) is 7.05 Å². The van der Waals surface area contributed by atoms with Crippen LogP contribution in [0.1, 0.15) is 25.6 Å². The summed E-state index contributed by atoms with van der Waals surface area (Å²) in [5, 5.41) is 9.71. The van der Waals surface area contributed by atoms with Gasteiger partial charge in [-0.25, -0.2) is 0 Å². The van der Waals surface area contributed by atoms with Gasteiger partial charge in [0.05, 0.1) is 17.9 Å². The number of thioether (sulfide) groups is 2. The molecule has 1 aromatic heterocycles. The monoisotopic (exact) mass is 273 g/mol. The molecule has 1 fully saturated rings. The van der Waals surface area contributed by atoms with Gasteiger partial charge >= 0.3 is 0 Å². The van der Waals surface area contributed by atoms with Crippen molar-refractivity contribution in [3.63, 3.8) is 0 Å². The van der Waals surface area contributed by atoms with Crippen LogP contribution in [0.3, 0.4) is 0 Å². The first-order chi connectivity index (χ1) is 8.13. The number of hydrogen-bond acceptors (Lipinski definition) is 6. The van der Waals surface area contributed by atoms with E-state index in [0.29, 0.717) is 15.7 Å². The van der Waals surface area contributed by atoms with Crippen LogP contribution in [-0.4, -0.2) is 36.5 Å². The number of hydrogen-bond donors (Lipinski definition) is 2. The average Bonchev–Trinajstić information content (AvgIpc) is 2.71. The van der Waals surface area contributed by atoms with Crippen molar-refractivity contribution in [2.24, 2.45) is 12.9 Å². The molecule has 2 rings (SSSR count). The first-order valence-corrected chi connectivity index (χ1v) is 7.70. The minimum Gasteiger partial charge on any atom is -0.271 e. The zero-order valence-electron chi connectivity index (χ0n) is 10.3. The van der Waals surface area contributed by atoms with Gasteiger partial charge in [0.15, 0.2) is 0 Å². The summed E-state index contributed by atoms with van der Waals surface area (Å²) >= 11 is 4.02. The summed E-state index contributed by atoms with van der Waals surface area (Å²) in [6, 6.07) is 0.113. The van der Waals surface area contributed by atoms with Gasteiger partial charge in [-0.2, -0.15) is 23.5 Å². The van der Waals surface area contributed by atoms with Gasteiger partial charge in [0.2, 0.25) is 0 Å². The first kappa shape index (κ1) is 13.2. The van der Waals surface area contributed by atoms with Crippen molar-refractivity contribution in [1.29, 1.82) is 0 Å². The number of hydrazine groups is 1. The quantitative estimate of drug-likeness (QED) is 0.631. The molecule has 4 atom stereocenters. The summed E-state index contributed by atoms with van der Waals surface area (Å²) in [5.74, 6) is 6.81. The van der Waals surface area contributed by atoms with Crippen molar-refractivity contribution >= 4 is 23.5 Å². The Morgan fingerprint density at radius 3 is 2.82 bits per heavy atom. The Hall–Kier alpha value is -0.240. The third-order valence-corrected chi connectivity index (χ3v) is 6.69. The molecule has 3 N–H and O–H groups in total. The molecule has 7 heteroatoms. The van der Waals surface area contributed by atoms with Gasteiger partial charge in [-0.15, -0.1) is 5.10 Å². The van der Waals surface area contributed by atoms with Crippen LogP contribution < -0.4 is 11.3 Å². The maximum atomic E-state index is 5.70. The third kappa shape index (κ3) is 2.78. The molecule has 4 unspecified atom stereocenters. The molecule has 0 spiro atoms. The molecule has 1 aliphatic rings. The smallest absolute Gasteiger partial charge is 0.0778 e. The molecular weight excluding hydrogens is 254 g/mol. The second kappa shape index (κ2) is 5.60. The van der Waals surface area contributed by atoms with Crippen molar-refractivity contribution in [3.05, 3.63) is 11.9 Å². The van der Waals surface area contributed by atoms with Gasteiger partial charge in [0, 0.05) is 28.6 Å². The molecule has 0 radical (unpaired) electrons. The van der Waals surface area contributed by atoms with Crippen molar-refractivity contribution in [2.45, 2.75) is 35.6 Å². The standard InChI is InChI=1S/C10H19N5S2/c1-6-7(2)17-9(5-16-6)10(13-11)8-4-12-14-15(8)3/h4,6-7,9-10,13H,5,11H2,1-3H3. The molecule has 1 aromatic rings. The molecule has 1 aliphatic heterocycles. The van der Waals surface area contributed by atoms with Gasteiger partial charge in [0.1, 0.15) is 0 Å². The number of nitrogens with one attached hydrogen (secondary N) is 1. The van der Waals surface area contributed by atoms with Crippen molar-refractivity contribution < 1.29 is 0 Å². The minimum absolute atomic E-state index is 0.113. The Morgan fingerprint density at radius 1 is 1.53 bits per heavy atom.